The molecular weight excluding hydrogens is 436 g/mol. The van der Waals surface area contributed by atoms with Gasteiger partial charge in [0.05, 0.1) is 12.5 Å². The van der Waals surface area contributed by atoms with Crippen LogP contribution in [0.1, 0.15) is 23.9 Å². The van der Waals surface area contributed by atoms with Crippen LogP contribution in [0, 0.1) is 0 Å². The van der Waals surface area contributed by atoms with E-state index in [0.29, 0.717) is 23.0 Å². The standard InChI is InChI=1S/C25H22N4O5/c26-25(31)27-21(18-10-7-13-20(14-18)33-19-11-5-2-6-12-19)15-23(30)32-16-22-28-29-24(34-22)17-8-3-1-4-9-17/h1-14,21H,15-16H2,(H3,26,27,31). The summed E-state index contributed by atoms with van der Waals surface area (Å²) in [7, 11) is 0. The quantitative estimate of drug-likeness (QED) is 0.356. The Morgan fingerprint density at radius 1 is 0.912 bits per heavy atom. The molecule has 1 aromatic heterocycles. The van der Waals surface area contributed by atoms with Gasteiger partial charge in [-0.1, -0.05) is 48.5 Å². The average Bonchev–Trinajstić information content (AvgIpc) is 3.33. The molecule has 9 nitrogen and oxygen atoms in total. The Balaban J connectivity index is 1.39. The third-order valence-corrected chi connectivity index (χ3v) is 4.77. The number of para-hydroxylation sites is 1. The zero-order valence-electron chi connectivity index (χ0n) is 18.1. The van der Waals surface area contributed by atoms with Gasteiger partial charge < -0.3 is 24.9 Å². The molecule has 0 radical (unpaired) electrons. The maximum atomic E-state index is 12.5. The lowest BCUT2D eigenvalue weighted by molar-refractivity contribution is -0.146. The molecule has 172 valence electrons. The minimum Gasteiger partial charge on any atom is -0.457 e. The van der Waals surface area contributed by atoms with Crippen LogP contribution < -0.4 is 15.8 Å². The molecule has 0 saturated heterocycles. The number of urea groups is 1. The maximum Gasteiger partial charge on any atom is 0.312 e. The Labute approximate surface area is 195 Å². The Kier molecular flexibility index (Phi) is 7.14. The van der Waals surface area contributed by atoms with Gasteiger partial charge in [-0.25, -0.2) is 4.79 Å². The van der Waals surface area contributed by atoms with E-state index in [1.54, 1.807) is 24.3 Å². The molecule has 3 N–H and O–H groups in total. The van der Waals surface area contributed by atoms with E-state index in [9.17, 15) is 9.59 Å². The van der Waals surface area contributed by atoms with Gasteiger partial charge in [-0.05, 0) is 42.0 Å². The molecule has 0 aliphatic carbocycles. The first kappa shape index (κ1) is 22.5. The summed E-state index contributed by atoms with van der Waals surface area (Å²) in [5, 5.41) is 10.4. The zero-order valence-corrected chi connectivity index (χ0v) is 18.1. The summed E-state index contributed by atoms with van der Waals surface area (Å²) < 4.78 is 16.7. The van der Waals surface area contributed by atoms with Crippen molar-refractivity contribution in [2.45, 2.75) is 19.1 Å². The van der Waals surface area contributed by atoms with Crippen LogP contribution in [0.15, 0.2) is 89.3 Å². The number of nitrogens with zero attached hydrogens (tertiary/aromatic N) is 2. The molecule has 34 heavy (non-hydrogen) atoms. The van der Waals surface area contributed by atoms with Crippen LogP contribution in [0.2, 0.25) is 0 Å². The van der Waals surface area contributed by atoms with Gasteiger partial charge in [-0.2, -0.15) is 0 Å². The van der Waals surface area contributed by atoms with Crippen LogP contribution in [0.4, 0.5) is 4.79 Å². The highest BCUT2D eigenvalue weighted by atomic mass is 16.5. The van der Waals surface area contributed by atoms with Crippen LogP contribution in [-0.4, -0.2) is 22.2 Å². The van der Waals surface area contributed by atoms with Gasteiger partial charge in [0.2, 0.25) is 5.89 Å². The molecular formula is C25H22N4O5. The number of hydrogen-bond acceptors (Lipinski definition) is 7. The topological polar surface area (TPSA) is 130 Å². The van der Waals surface area contributed by atoms with Crippen LogP contribution in [-0.2, 0) is 16.1 Å². The summed E-state index contributed by atoms with van der Waals surface area (Å²) in [4.78, 5) is 24.1. The fraction of sp³-hybridized carbons (Fsp3) is 0.120. The molecule has 1 heterocycles. The highest BCUT2D eigenvalue weighted by Crippen LogP contribution is 2.26. The van der Waals surface area contributed by atoms with Gasteiger partial charge >= 0.3 is 12.0 Å². The van der Waals surface area contributed by atoms with Gasteiger partial charge in [0, 0.05) is 5.56 Å². The first-order chi connectivity index (χ1) is 16.6. The molecule has 0 saturated carbocycles. The van der Waals surface area contributed by atoms with E-state index in [4.69, 9.17) is 19.6 Å². The predicted molar refractivity (Wildman–Crippen MR) is 123 cm³/mol. The zero-order chi connectivity index (χ0) is 23.8. The molecule has 0 spiro atoms. The van der Waals surface area contributed by atoms with E-state index in [1.807, 2.05) is 60.7 Å². The van der Waals surface area contributed by atoms with Gasteiger partial charge in [-0.3, -0.25) is 4.79 Å². The summed E-state index contributed by atoms with van der Waals surface area (Å²) in [6.07, 6.45) is -0.155. The number of rotatable bonds is 9. The fourth-order valence-corrected chi connectivity index (χ4v) is 3.22. The maximum absolute atomic E-state index is 12.5. The Morgan fingerprint density at radius 3 is 2.35 bits per heavy atom. The summed E-state index contributed by atoms with van der Waals surface area (Å²) in [6, 6.07) is 24.0. The third-order valence-electron chi connectivity index (χ3n) is 4.77. The number of nitrogens with two attached hydrogens (primary N) is 1. The van der Waals surface area contributed by atoms with Gasteiger partial charge in [0.15, 0.2) is 6.61 Å². The van der Waals surface area contributed by atoms with E-state index in [-0.39, 0.29) is 18.9 Å². The predicted octanol–water partition coefficient (Wildman–Crippen LogP) is 4.37. The van der Waals surface area contributed by atoms with Crippen molar-refractivity contribution in [3.05, 3.63) is 96.4 Å². The number of hydrogen-bond donors (Lipinski definition) is 2. The second kappa shape index (κ2) is 10.8. The molecule has 2 amide bonds. The van der Waals surface area contributed by atoms with Gasteiger partial charge in [0.1, 0.15) is 11.5 Å². The molecule has 0 aliphatic heterocycles. The number of benzene rings is 3. The number of nitrogens with one attached hydrogen (secondary N) is 1. The number of ether oxygens (including phenoxy) is 2. The van der Waals surface area contributed by atoms with E-state index in [2.05, 4.69) is 15.5 Å². The second-order valence-corrected chi connectivity index (χ2v) is 7.28. The van der Waals surface area contributed by atoms with Gasteiger partial charge in [-0.15, -0.1) is 10.2 Å². The van der Waals surface area contributed by atoms with Crippen molar-refractivity contribution in [3.8, 4) is 23.0 Å². The first-order valence-electron chi connectivity index (χ1n) is 10.5. The van der Waals surface area contributed by atoms with E-state index in [0.717, 1.165) is 5.56 Å². The molecule has 4 rings (SSSR count). The van der Waals surface area contributed by atoms with Crippen molar-refractivity contribution in [3.63, 3.8) is 0 Å². The number of amides is 2. The molecule has 0 aliphatic rings. The number of esters is 1. The average molecular weight is 458 g/mol. The highest BCUT2D eigenvalue weighted by Gasteiger charge is 2.20. The lowest BCUT2D eigenvalue weighted by atomic mass is 10.0. The summed E-state index contributed by atoms with van der Waals surface area (Å²) in [6.45, 7) is -0.195. The Morgan fingerprint density at radius 2 is 1.62 bits per heavy atom. The van der Waals surface area contributed by atoms with Gasteiger partial charge in [0.25, 0.3) is 5.89 Å². The van der Waals surface area contributed by atoms with Crippen molar-refractivity contribution in [1.29, 1.82) is 0 Å². The molecule has 9 heteroatoms. The SMILES string of the molecule is NC(=O)NC(CC(=O)OCc1nnc(-c2ccccc2)o1)c1cccc(Oc2ccccc2)c1. The highest BCUT2D eigenvalue weighted by molar-refractivity contribution is 5.75. The minimum absolute atomic E-state index is 0.155. The van der Waals surface area contributed by atoms with Crippen molar-refractivity contribution in [2.75, 3.05) is 0 Å². The molecule has 0 bridgehead atoms. The van der Waals surface area contributed by atoms with Crippen molar-refractivity contribution >= 4 is 12.0 Å². The monoisotopic (exact) mass is 458 g/mol. The van der Waals surface area contributed by atoms with Crippen LogP contribution in [0.25, 0.3) is 11.5 Å². The summed E-state index contributed by atoms with van der Waals surface area (Å²) in [5.41, 5.74) is 6.72. The van der Waals surface area contributed by atoms with Crippen molar-refractivity contribution < 1.29 is 23.5 Å². The van der Waals surface area contributed by atoms with Crippen LogP contribution >= 0.6 is 0 Å². The third kappa shape index (κ3) is 6.19. The Bertz CT molecular complexity index is 1240. The number of carbonyl (C=O) groups excluding carboxylic acids is 2. The molecule has 4 aromatic rings. The van der Waals surface area contributed by atoms with E-state index in [1.165, 1.54) is 0 Å². The van der Waals surface area contributed by atoms with Crippen molar-refractivity contribution in [1.82, 2.24) is 15.5 Å². The molecule has 3 aromatic carbocycles. The fourth-order valence-electron chi connectivity index (χ4n) is 3.22. The minimum atomic E-state index is -0.767. The lowest BCUT2D eigenvalue weighted by Gasteiger charge is -2.18. The van der Waals surface area contributed by atoms with Crippen molar-refractivity contribution in [2.24, 2.45) is 5.73 Å². The number of aromatic nitrogens is 2. The van der Waals surface area contributed by atoms with E-state index < -0.39 is 18.0 Å². The number of primary amides is 1. The van der Waals surface area contributed by atoms with Crippen LogP contribution in [0.3, 0.4) is 0 Å². The summed E-state index contributed by atoms with van der Waals surface area (Å²) in [5.74, 6) is 1.12. The number of carbonyl (C=O) groups is 2. The smallest absolute Gasteiger partial charge is 0.312 e. The summed E-state index contributed by atoms with van der Waals surface area (Å²) >= 11 is 0. The molecule has 0 fully saturated rings. The second-order valence-electron chi connectivity index (χ2n) is 7.28. The van der Waals surface area contributed by atoms with Crippen LogP contribution in [0.5, 0.6) is 11.5 Å². The van der Waals surface area contributed by atoms with E-state index >= 15 is 0 Å². The normalized spacial score (nSPS) is 11.4. The lowest BCUT2D eigenvalue weighted by Crippen LogP contribution is -2.34. The largest absolute Gasteiger partial charge is 0.457 e. The Hall–Kier alpha value is -4.66. The molecule has 1 unspecified atom stereocenters. The molecule has 1 atom stereocenters. The first-order valence-corrected chi connectivity index (χ1v) is 10.5.